The minimum atomic E-state index is -0.455. The standard InChI is InChI=1S/C9H10F2N3/c10-7-1-3-14(4-2-7)9-12-5-8(11)6-13-9/h5-6H,1-4H2. The summed E-state index contributed by atoms with van der Waals surface area (Å²) in [7, 11) is 0. The summed E-state index contributed by atoms with van der Waals surface area (Å²) in [5, 5.41) is 0. The van der Waals surface area contributed by atoms with Crippen LogP contribution in [0.15, 0.2) is 12.4 Å². The number of anilines is 1. The van der Waals surface area contributed by atoms with Crippen LogP contribution in [0.3, 0.4) is 0 Å². The van der Waals surface area contributed by atoms with E-state index < -0.39 is 5.82 Å². The van der Waals surface area contributed by atoms with Crippen molar-refractivity contribution in [1.29, 1.82) is 0 Å². The van der Waals surface area contributed by atoms with Gasteiger partial charge in [-0.2, -0.15) is 0 Å². The van der Waals surface area contributed by atoms with Gasteiger partial charge in [0.1, 0.15) is 6.17 Å². The predicted molar refractivity (Wildman–Crippen MR) is 47.8 cm³/mol. The van der Waals surface area contributed by atoms with Crippen LogP contribution in [-0.2, 0) is 0 Å². The molecule has 1 aromatic rings. The molecule has 0 amide bonds. The molecule has 1 saturated heterocycles. The highest BCUT2D eigenvalue weighted by Crippen LogP contribution is 2.22. The van der Waals surface area contributed by atoms with Gasteiger partial charge in [0.25, 0.3) is 0 Å². The van der Waals surface area contributed by atoms with Gasteiger partial charge in [-0.25, -0.2) is 18.7 Å². The van der Waals surface area contributed by atoms with E-state index in [-0.39, 0.29) is 6.17 Å². The van der Waals surface area contributed by atoms with Crippen molar-refractivity contribution in [3.05, 3.63) is 24.4 Å². The fraction of sp³-hybridized carbons (Fsp3) is 0.444. The normalized spacial score (nSPS) is 18.6. The van der Waals surface area contributed by atoms with Crippen LogP contribution in [0.25, 0.3) is 0 Å². The van der Waals surface area contributed by atoms with Gasteiger partial charge in [0.15, 0.2) is 5.82 Å². The molecule has 75 valence electrons. The number of aromatic nitrogens is 2. The maximum absolute atomic E-state index is 12.7. The Hall–Kier alpha value is -1.26. The molecule has 0 atom stereocenters. The first-order valence-corrected chi connectivity index (χ1v) is 4.48. The molecule has 0 bridgehead atoms. The zero-order valence-corrected chi connectivity index (χ0v) is 7.58. The number of hydrogen-bond acceptors (Lipinski definition) is 3. The van der Waals surface area contributed by atoms with Gasteiger partial charge in [-0.05, 0) is 0 Å². The quantitative estimate of drug-likeness (QED) is 0.688. The molecule has 1 fully saturated rings. The molecular formula is C9H10F2N3. The smallest absolute Gasteiger partial charge is 0.225 e. The minimum Gasteiger partial charge on any atom is -0.341 e. The monoisotopic (exact) mass is 198 g/mol. The van der Waals surface area contributed by atoms with E-state index in [4.69, 9.17) is 0 Å². The third-order valence-electron chi connectivity index (χ3n) is 2.20. The summed E-state index contributed by atoms with van der Waals surface area (Å²) in [6, 6.07) is 0. The second-order valence-electron chi connectivity index (χ2n) is 3.21. The summed E-state index contributed by atoms with van der Waals surface area (Å²) in [5.74, 6) is 0.0161. The Bertz CT molecular complexity index is 293. The highest BCUT2D eigenvalue weighted by atomic mass is 19.1. The predicted octanol–water partition coefficient (Wildman–Crippen LogP) is 1.72. The third-order valence-corrected chi connectivity index (χ3v) is 2.20. The van der Waals surface area contributed by atoms with E-state index in [0.717, 1.165) is 12.4 Å². The third kappa shape index (κ3) is 1.97. The minimum absolute atomic E-state index is 0.0170. The zero-order chi connectivity index (χ0) is 9.97. The van der Waals surface area contributed by atoms with Gasteiger partial charge in [0.05, 0.1) is 12.4 Å². The Morgan fingerprint density at radius 3 is 2.21 bits per heavy atom. The summed E-state index contributed by atoms with van der Waals surface area (Å²) in [6.07, 6.45) is 3.10. The Kier molecular flexibility index (Phi) is 2.56. The molecule has 0 saturated carbocycles. The highest BCUT2D eigenvalue weighted by Gasteiger charge is 2.20. The number of nitrogens with zero attached hydrogens (tertiary/aromatic N) is 3. The number of hydrogen-bond donors (Lipinski definition) is 0. The van der Waals surface area contributed by atoms with Crippen molar-refractivity contribution in [2.75, 3.05) is 18.0 Å². The van der Waals surface area contributed by atoms with Crippen LogP contribution in [0.4, 0.5) is 14.7 Å². The van der Waals surface area contributed by atoms with Crippen molar-refractivity contribution < 1.29 is 8.78 Å². The van der Waals surface area contributed by atoms with Crippen LogP contribution >= 0.6 is 0 Å². The largest absolute Gasteiger partial charge is 0.341 e. The van der Waals surface area contributed by atoms with Crippen LogP contribution in [0.2, 0.25) is 0 Å². The van der Waals surface area contributed by atoms with Crippen molar-refractivity contribution in [2.24, 2.45) is 0 Å². The molecule has 2 heterocycles. The van der Waals surface area contributed by atoms with E-state index >= 15 is 0 Å². The molecule has 0 N–H and O–H groups in total. The molecule has 0 unspecified atom stereocenters. The van der Waals surface area contributed by atoms with E-state index in [1.807, 2.05) is 4.90 Å². The lowest BCUT2D eigenvalue weighted by atomic mass is 10.1. The van der Waals surface area contributed by atoms with Crippen molar-refractivity contribution in [3.8, 4) is 0 Å². The first kappa shape index (κ1) is 9.30. The molecule has 1 aromatic heterocycles. The number of rotatable bonds is 1. The maximum atomic E-state index is 12.7. The molecule has 1 radical (unpaired) electrons. The van der Waals surface area contributed by atoms with Crippen molar-refractivity contribution in [3.63, 3.8) is 0 Å². The van der Waals surface area contributed by atoms with Gasteiger partial charge in [-0.3, -0.25) is 0 Å². The average molecular weight is 198 g/mol. The van der Waals surface area contributed by atoms with Crippen LogP contribution in [0.5, 0.6) is 0 Å². The Morgan fingerprint density at radius 1 is 1.07 bits per heavy atom. The van der Waals surface area contributed by atoms with Gasteiger partial charge in [0.2, 0.25) is 5.95 Å². The molecule has 14 heavy (non-hydrogen) atoms. The van der Waals surface area contributed by atoms with Crippen molar-refractivity contribution >= 4 is 5.95 Å². The molecule has 0 aliphatic carbocycles. The lowest BCUT2D eigenvalue weighted by molar-refractivity contribution is 0.397. The second-order valence-corrected chi connectivity index (χ2v) is 3.21. The fourth-order valence-electron chi connectivity index (χ4n) is 1.42. The Labute approximate surface area is 80.8 Å². The lowest BCUT2D eigenvalue weighted by Crippen LogP contribution is -2.33. The molecule has 1 aliphatic heterocycles. The summed E-state index contributed by atoms with van der Waals surface area (Å²) in [4.78, 5) is 9.52. The Balaban J connectivity index is 2.05. The molecule has 3 nitrogen and oxygen atoms in total. The van der Waals surface area contributed by atoms with E-state index in [0.29, 0.717) is 31.9 Å². The van der Waals surface area contributed by atoms with Gasteiger partial charge in [-0.1, -0.05) is 0 Å². The molecule has 1 aliphatic rings. The highest BCUT2D eigenvalue weighted by molar-refractivity contribution is 5.29. The van der Waals surface area contributed by atoms with E-state index in [2.05, 4.69) is 9.97 Å². The number of halogens is 2. The summed E-state index contributed by atoms with van der Waals surface area (Å²) >= 11 is 0. The summed E-state index contributed by atoms with van der Waals surface area (Å²) < 4.78 is 25.2. The van der Waals surface area contributed by atoms with E-state index in [1.54, 1.807) is 0 Å². The molecule has 0 aromatic carbocycles. The van der Waals surface area contributed by atoms with Crippen LogP contribution in [0.1, 0.15) is 12.8 Å². The summed E-state index contributed by atoms with van der Waals surface area (Å²) in [6.45, 7) is 1.13. The van der Waals surface area contributed by atoms with Crippen molar-refractivity contribution in [1.82, 2.24) is 9.97 Å². The van der Waals surface area contributed by atoms with Crippen LogP contribution in [-0.4, -0.2) is 23.1 Å². The fourth-order valence-corrected chi connectivity index (χ4v) is 1.42. The van der Waals surface area contributed by atoms with Gasteiger partial charge in [-0.15, -0.1) is 0 Å². The Morgan fingerprint density at radius 2 is 1.64 bits per heavy atom. The van der Waals surface area contributed by atoms with Crippen molar-refractivity contribution in [2.45, 2.75) is 12.8 Å². The van der Waals surface area contributed by atoms with Crippen LogP contribution < -0.4 is 4.90 Å². The number of piperidine rings is 1. The molecule has 0 spiro atoms. The van der Waals surface area contributed by atoms with Crippen LogP contribution in [0, 0.1) is 12.0 Å². The lowest BCUT2D eigenvalue weighted by Gasteiger charge is -2.27. The maximum Gasteiger partial charge on any atom is 0.225 e. The topological polar surface area (TPSA) is 29.0 Å². The molecule has 5 heteroatoms. The first-order chi connectivity index (χ1) is 6.75. The first-order valence-electron chi connectivity index (χ1n) is 4.48. The molecular weight excluding hydrogens is 188 g/mol. The summed E-state index contributed by atoms with van der Waals surface area (Å²) in [5.41, 5.74) is 0. The van der Waals surface area contributed by atoms with Gasteiger partial charge in [0, 0.05) is 25.9 Å². The zero-order valence-electron chi connectivity index (χ0n) is 7.58. The molecule has 2 rings (SSSR count). The van der Waals surface area contributed by atoms with Gasteiger partial charge < -0.3 is 4.90 Å². The second kappa shape index (κ2) is 3.86. The van der Waals surface area contributed by atoms with E-state index in [1.165, 1.54) is 0 Å². The van der Waals surface area contributed by atoms with E-state index in [9.17, 15) is 8.78 Å². The SMILES string of the molecule is F[C]1CCN(c2ncc(F)cn2)CC1. The van der Waals surface area contributed by atoms with Gasteiger partial charge >= 0.3 is 0 Å². The average Bonchev–Trinajstić information content (AvgIpc) is 2.21.